The molecule has 0 aliphatic heterocycles. The summed E-state index contributed by atoms with van der Waals surface area (Å²) in [6.07, 6.45) is -5.52. The van der Waals surface area contributed by atoms with Crippen molar-refractivity contribution >= 4 is 0 Å². The fourth-order valence-corrected chi connectivity index (χ4v) is 1.07. The number of benzene rings is 1. The first-order chi connectivity index (χ1) is 7.21. The molecule has 90 valence electrons. The van der Waals surface area contributed by atoms with Gasteiger partial charge in [0, 0.05) is 0 Å². The molecule has 1 aromatic carbocycles. The Labute approximate surface area is 84.1 Å². The highest BCUT2D eigenvalue weighted by atomic mass is 19.4. The van der Waals surface area contributed by atoms with E-state index >= 15 is 0 Å². The second-order valence-electron chi connectivity index (χ2n) is 2.77. The van der Waals surface area contributed by atoms with Gasteiger partial charge >= 0.3 is 6.18 Å². The zero-order valence-corrected chi connectivity index (χ0v) is 7.30. The van der Waals surface area contributed by atoms with Gasteiger partial charge in [0.2, 0.25) is 0 Å². The monoisotopic (exact) mass is 248 g/mol. The summed E-state index contributed by atoms with van der Waals surface area (Å²) in [6, 6.07) is 0. The Morgan fingerprint density at radius 2 is 1.31 bits per heavy atom. The molecule has 1 aromatic rings. The Bertz CT molecular complexity index is 424. The molecule has 0 spiro atoms. The molecule has 0 atom stereocenters. The summed E-state index contributed by atoms with van der Waals surface area (Å²) in [5.74, 6) is -9.67. The van der Waals surface area contributed by atoms with Gasteiger partial charge in [0.1, 0.15) is 11.4 Å². The molecule has 0 unspecified atom stereocenters. The summed E-state index contributed by atoms with van der Waals surface area (Å²) < 4.78 is 87.2. The number of hydrogen-bond acceptors (Lipinski definition) is 1. The molecule has 1 N–H and O–H groups in total. The van der Waals surface area contributed by atoms with Crippen molar-refractivity contribution in [2.75, 3.05) is 0 Å². The minimum atomic E-state index is -5.52. The standard InChI is InChI=1S/C8H3F7O/c9-4-2(1-16)5(10)7(12)6(11)3(4)8(13,14)15/h16H,1H2. The number of aliphatic hydroxyl groups is 1. The summed E-state index contributed by atoms with van der Waals surface area (Å²) in [5.41, 5.74) is -4.12. The summed E-state index contributed by atoms with van der Waals surface area (Å²) in [6.45, 7) is -1.52. The van der Waals surface area contributed by atoms with Crippen LogP contribution in [0, 0.1) is 23.3 Å². The Kier molecular flexibility index (Phi) is 3.13. The lowest BCUT2D eigenvalue weighted by Crippen LogP contribution is -2.17. The normalized spacial score (nSPS) is 12.0. The van der Waals surface area contributed by atoms with E-state index in [1.807, 2.05) is 0 Å². The highest BCUT2D eigenvalue weighted by molar-refractivity contribution is 5.31. The summed E-state index contributed by atoms with van der Waals surface area (Å²) >= 11 is 0. The van der Waals surface area contributed by atoms with E-state index < -0.39 is 47.2 Å². The van der Waals surface area contributed by atoms with Crippen molar-refractivity contribution in [1.82, 2.24) is 0 Å². The third kappa shape index (κ3) is 1.84. The number of hydrogen-bond donors (Lipinski definition) is 1. The minimum absolute atomic E-state index is 1.52. The molecule has 16 heavy (non-hydrogen) atoms. The zero-order valence-electron chi connectivity index (χ0n) is 7.30. The number of halogens is 7. The van der Waals surface area contributed by atoms with Crippen LogP contribution in [0.5, 0.6) is 0 Å². The predicted octanol–water partition coefficient (Wildman–Crippen LogP) is 2.75. The van der Waals surface area contributed by atoms with Crippen molar-refractivity contribution in [3.63, 3.8) is 0 Å². The van der Waals surface area contributed by atoms with Crippen molar-refractivity contribution in [3.8, 4) is 0 Å². The van der Waals surface area contributed by atoms with Crippen LogP contribution < -0.4 is 0 Å². The maximum absolute atomic E-state index is 12.9. The third-order valence-electron chi connectivity index (χ3n) is 1.80. The van der Waals surface area contributed by atoms with E-state index in [2.05, 4.69) is 0 Å². The van der Waals surface area contributed by atoms with E-state index in [1.54, 1.807) is 0 Å². The lowest BCUT2D eigenvalue weighted by molar-refractivity contribution is -0.143. The highest BCUT2D eigenvalue weighted by Crippen LogP contribution is 2.36. The average molecular weight is 248 g/mol. The van der Waals surface area contributed by atoms with Gasteiger partial charge < -0.3 is 5.11 Å². The topological polar surface area (TPSA) is 20.2 Å². The van der Waals surface area contributed by atoms with Gasteiger partial charge in [-0.25, -0.2) is 17.6 Å². The van der Waals surface area contributed by atoms with E-state index in [4.69, 9.17) is 5.11 Å². The Morgan fingerprint density at radius 3 is 1.69 bits per heavy atom. The molecule has 1 nitrogen and oxygen atoms in total. The first kappa shape index (κ1) is 12.8. The van der Waals surface area contributed by atoms with Crippen LogP contribution in [0.25, 0.3) is 0 Å². The first-order valence-electron chi connectivity index (χ1n) is 3.74. The van der Waals surface area contributed by atoms with Gasteiger partial charge in [-0.15, -0.1) is 0 Å². The van der Waals surface area contributed by atoms with Crippen molar-refractivity contribution in [2.45, 2.75) is 12.8 Å². The molecule has 0 bridgehead atoms. The molecule has 0 heterocycles. The maximum atomic E-state index is 12.9. The molecule has 0 aliphatic rings. The molecule has 0 saturated carbocycles. The smallest absolute Gasteiger partial charge is 0.391 e. The zero-order chi connectivity index (χ0) is 12.7. The molecule has 0 saturated heterocycles. The molecule has 0 radical (unpaired) electrons. The summed E-state index contributed by atoms with van der Waals surface area (Å²) in [7, 11) is 0. The molecular weight excluding hydrogens is 245 g/mol. The average Bonchev–Trinajstić information content (AvgIpc) is 2.13. The summed E-state index contributed by atoms with van der Waals surface area (Å²) in [5, 5.41) is 8.37. The van der Waals surface area contributed by atoms with E-state index in [-0.39, 0.29) is 0 Å². The largest absolute Gasteiger partial charge is 0.422 e. The quantitative estimate of drug-likeness (QED) is 0.460. The van der Waals surface area contributed by atoms with Crippen LogP contribution in [0.2, 0.25) is 0 Å². The van der Waals surface area contributed by atoms with Gasteiger partial charge in [-0.3, -0.25) is 0 Å². The number of alkyl halides is 3. The van der Waals surface area contributed by atoms with Gasteiger partial charge in [0.05, 0.1) is 12.2 Å². The molecule has 0 aromatic heterocycles. The fraction of sp³-hybridized carbons (Fsp3) is 0.250. The van der Waals surface area contributed by atoms with Gasteiger partial charge in [-0.2, -0.15) is 13.2 Å². The lowest BCUT2D eigenvalue weighted by atomic mass is 10.1. The number of rotatable bonds is 1. The van der Waals surface area contributed by atoms with Gasteiger partial charge in [-0.1, -0.05) is 0 Å². The van der Waals surface area contributed by atoms with Crippen LogP contribution in [-0.2, 0) is 12.8 Å². The molecule has 0 aliphatic carbocycles. The Balaban J connectivity index is 3.69. The second-order valence-corrected chi connectivity index (χ2v) is 2.77. The van der Waals surface area contributed by atoms with Crippen molar-refractivity contribution in [2.24, 2.45) is 0 Å². The summed E-state index contributed by atoms with van der Waals surface area (Å²) in [4.78, 5) is 0. The number of aliphatic hydroxyl groups excluding tert-OH is 1. The predicted molar refractivity (Wildman–Crippen MR) is 37.2 cm³/mol. The van der Waals surface area contributed by atoms with Crippen molar-refractivity contribution in [3.05, 3.63) is 34.4 Å². The van der Waals surface area contributed by atoms with E-state index in [0.717, 1.165) is 0 Å². The van der Waals surface area contributed by atoms with E-state index in [9.17, 15) is 30.7 Å². The molecule has 0 amide bonds. The van der Waals surface area contributed by atoms with Crippen molar-refractivity contribution < 1.29 is 35.8 Å². The van der Waals surface area contributed by atoms with Crippen LogP contribution >= 0.6 is 0 Å². The van der Waals surface area contributed by atoms with Crippen molar-refractivity contribution in [1.29, 1.82) is 0 Å². The van der Waals surface area contributed by atoms with Crippen LogP contribution in [0.3, 0.4) is 0 Å². The third-order valence-corrected chi connectivity index (χ3v) is 1.80. The molecular formula is C8H3F7O. The van der Waals surface area contributed by atoms with E-state index in [1.165, 1.54) is 0 Å². The van der Waals surface area contributed by atoms with Gasteiger partial charge in [-0.05, 0) is 0 Å². The highest BCUT2D eigenvalue weighted by Gasteiger charge is 2.41. The SMILES string of the molecule is OCc1c(F)c(F)c(F)c(C(F)(F)F)c1F. The maximum Gasteiger partial charge on any atom is 0.422 e. The second kappa shape index (κ2) is 3.93. The minimum Gasteiger partial charge on any atom is -0.391 e. The molecule has 0 fully saturated rings. The fourth-order valence-electron chi connectivity index (χ4n) is 1.07. The Hall–Kier alpha value is -1.31. The van der Waals surface area contributed by atoms with E-state index in [0.29, 0.717) is 0 Å². The van der Waals surface area contributed by atoms with Crippen LogP contribution in [-0.4, -0.2) is 5.11 Å². The Morgan fingerprint density at radius 1 is 0.812 bits per heavy atom. The van der Waals surface area contributed by atoms with Crippen LogP contribution in [0.15, 0.2) is 0 Å². The van der Waals surface area contributed by atoms with Crippen LogP contribution in [0.1, 0.15) is 11.1 Å². The first-order valence-corrected chi connectivity index (χ1v) is 3.74. The molecule has 8 heteroatoms. The van der Waals surface area contributed by atoms with Gasteiger partial charge in [0.15, 0.2) is 17.5 Å². The molecule has 1 rings (SSSR count). The lowest BCUT2D eigenvalue weighted by Gasteiger charge is -2.13. The van der Waals surface area contributed by atoms with Gasteiger partial charge in [0.25, 0.3) is 0 Å². The van der Waals surface area contributed by atoms with Crippen LogP contribution in [0.4, 0.5) is 30.7 Å².